The van der Waals surface area contributed by atoms with Crippen LogP contribution in [0.4, 0.5) is 11.4 Å². The largest absolute Gasteiger partial charge is 0.372 e. The molecule has 1 heterocycles. The van der Waals surface area contributed by atoms with Gasteiger partial charge in [-0.1, -0.05) is 19.8 Å². The molecule has 5 heteroatoms. The SMILES string of the molecule is CC1CCN(c2ccc(NC(=O)CC(=O)NC3CCCC3)cc2)CC1. The molecule has 0 spiro atoms. The van der Waals surface area contributed by atoms with Crippen molar-refractivity contribution in [3.8, 4) is 0 Å². The second-order valence-electron chi connectivity index (χ2n) is 7.49. The Morgan fingerprint density at radius 1 is 1.00 bits per heavy atom. The van der Waals surface area contributed by atoms with Crippen LogP contribution in [0.15, 0.2) is 24.3 Å². The number of carbonyl (C=O) groups is 2. The number of hydrogen-bond donors (Lipinski definition) is 2. The Labute approximate surface area is 150 Å². The van der Waals surface area contributed by atoms with Crippen LogP contribution in [0.1, 0.15) is 51.9 Å². The zero-order chi connectivity index (χ0) is 17.6. The van der Waals surface area contributed by atoms with Crippen molar-refractivity contribution in [3.63, 3.8) is 0 Å². The van der Waals surface area contributed by atoms with Gasteiger partial charge in [0.25, 0.3) is 0 Å². The number of nitrogens with one attached hydrogen (secondary N) is 2. The molecule has 1 aromatic carbocycles. The number of anilines is 2. The summed E-state index contributed by atoms with van der Waals surface area (Å²) < 4.78 is 0. The molecule has 1 aliphatic heterocycles. The van der Waals surface area contributed by atoms with Crippen molar-refractivity contribution < 1.29 is 9.59 Å². The first-order valence-corrected chi connectivity index (χ1v) is 9.54. The summed E-state index contributed by atoms with van der Waals surface area (Å²) in [4.78, 5) is 26.3. The first kappa shape index (κ1) is 17.8. The zero-order valence-corrected chi connectivity index (χ0v) is 15.1. The van der Waals surface area contributed by atoms with Crippen molar-refractivity contribution in [2.45, 2.75) is 57.9 Å². The van der Waals surface area contributed by atoms with E-state index in [2.05, 4.69) is 22.5 Å². The molecule has 2 fully saturated rings. The maximum absolute atomic E-state index is 12.0. The number of amides is 2. The molecule has 0 radical (unpaired) electrons. The molecule has 2 N–H and O–H groups in total. The molecule has 0 bridgehead atoms. The van der Waals surface area contributed by atoms with Crippen LogP contribution >= 0.6 is 0 Å². The molecular formula is C20H29N3O2. The van der Waals surface area contributed by atoms with Gasteiger partial charge < -0.3 is 15.5 Å². The van der Waals surface area contributed by atoms with Crippen LogP contribution in [0.5, 0.6) is 0 Å². The molecule has 1 saturated heterocycles. The maximum Gasteiger partial charge on any atom is 0.233 e. The molecule has 0 aromatic heterocycles. The summed E-state index contributed by atoms with van der Waals surface area (Å²) in [7, 11) is 0. The van der Waals surface area contributed by atoms with Crippen LogP contribution in [0.2, 0.25) is 0 Å². The van der Waals surface area contributed by atoms with Crippen molar-refractivity contribution in [1.29, 1.82) is 0 Å². The van der Waals surface area contributed by atoms with Gasteiger partial charge in [-0.2, -0.15) is 0 Å². The highest BCUT2D eigenvalue weighted by Gasteiger charge is 2.19. The summed E-state index contributed by atoms with van der Waals surface area (Å²) in [5.41, 5.74) is 1.94. The Hall–Kier alpha value is -2.04. The predicted octanol–water partition coefficient (Wildman–Crippen LogP) is 3.31. The lowest BCUT2D eigenvalue weighted by Crippen LogP contribution is -2.35. The average Bonchev–Trinajstić information content (AvgIpc) is 3.09. The number of nitrogens with zero attached hydrogens (tertiary/aromatic N) is 1. The van der Waals surface area contributed by atoms with Crippen molar-refractivity contribution in [2.75, 3.05) is 23.3 Å². The molecule has 1 saturated carbocycles. The van der Waals surface area contributed by atoms with Crippen molar-refractivity contribution in [2.24, 2.45) is 5.92 Å². The highest BCUT2D eigenvalue weighted by molar-refractivity contribution is 6.03. The van der Waals surface area contributed by atoms with E-state index in [0.29, 0.717) is 0 Å². The van der Waals surface area contributed by atoms with Crippen molar-refractivity contribution in [1.82, 2.24) is 5.32 Å². The van der Waals surface area contributed by atoms with Gasteiger partial charge in [-0.15, -0.1) is 0 Å². The normalized spacial score (nSPS) is 19.0. The van der Waals surface area contributed by atoms with E-state index in [1.54, 1.807) is 0 Å². The molecule has 136 valence electrons. The minimum Gasteiger partial charge on any atom is -0.372 e. The van der Waals surface area contributed by atoms with E-state index >= 15 is 0 Å². The average molecular weight is 343 g/mol. The summed E-state index contributed by atoms with van der Waals surface area (Å²) >= 11 is 0. The number of carbonyl (C=O) groups excluding carboxylic acids is 2. The Bertz CT molecular complexity index is 585. The summed E-state index contributed by atoms with van der Waals surface area (Å²) in [5, 5.41) is 5.76. The summed E-state index contributed by atoms with van der Waals surface area (Å²) in [6.07, 6.45) is 6.75. The Morgan fingerprint density at radius 2 is 1.64 bits per heavy atom. The van der Waals surface area contributed by atoms with Gasteiger partial charge in [0.05, 0.1) is 0 Å². The predicted molar refractivity (Wildman–Crippen MR) is 101 cm³/mol. The van der Waals surface area contributed by atoms with E-state index in [9.17, 15) is 9.59 Å². The summed E-state index contributed by atoms with van der Waals surface area (Å²) in [6.45, 7) is 4.49. The van der Waals surface area contributed by atoms with Crippen molar-refractivity contribution >= 4 is 23.2 Å². The van der Waals surface area contributed by atoms with E-state index in [0.717, 1.165) is 37.5 Å². The van der Waals surface area contributed by atoms with Gasteiger partial charge in [-0.05, 0) is 55.9 Å². The minimum atomic E-state index is -0.255. The number of piperidine rings is 1. The summed E-state index contributed by atoms with van der Waals surface area (Å²) in [5.74, 6) is 0.378. The van der Waals surface area contributed by atoms with E-state index in [-0.39, 0.29) is 24.3 Å². The number of rotatable bonds is 5. The van der Waals surface area contributed by atoms with Crippen LogP contribution in [-0.2, 0) is 9.59 Å². The number of hydrogen-bond acceptors (Lipinski definition) is 3. The Balaban J connectivity index is 1.45. The van der Waals surface area contributed by atoms with Crippen LogP contribution in [0.25, 0.3) is 0 Å². The van der Waals surface area contributed by atoms with Gasteiger partial charge >= 0.3 is 0 Å². The fourth-order valence-electron chi connectivity index (χ4n) is 3.72. The highest BCUT2D eigenvalue weighted by atomic mass is 16.2. The smallest absolute Gasteiger partial charge is 0.233 e. The van der Waals surface area contributed by atoms with Gasteiger partial charge in [0.2, 0.25) is 11.8 Å². The quantitative estimate of drug-likeness (QED) is 0.806. The molecule has 25 heavy (non-hydrogen) atoms. The molecular weight excluding hydrogens is 314 g/mol. The highest BCUT2D eigenvalue weighted by Crippen LogP contribution is 2.24. The van der Waals surface area contributed by atoms with Crippen LogP contribution in [-0.4, -0.2) is 30.9 Å². The third kappa shape index (κ3) is 5.21. The van der Waals surface area contributed by atoms with Gasteiger partial charge in [-0.25, -0.2) is 0 Å². The van der Waals surface area contributed by atoms with Crippen LogP contribution in [0.3, 0.4) is 0 Å². The first-order chi connectivity index (χ1) is 12.1. The first-order valence-electron chi connectivity index (χ1n) is 9.54. The molecule has 5 nitrogen and oxygen atoms in total. The molecule has 0 atom stereocenters. The standard InChI is InChI=1S/C20H29N3O2/c1-15-10-12-23(13-11-15)18-8-6-17(7-9-18)22-20(25)14-19(24)21-16-4-2-3-5-16/h6-9,15-16H,2-5,10-14H2,1H3,(H,21,24)(H,22,25). The molecule has 1 aliphatic carbocycles. The third-order valence-corrected chi connectivity index (χ3v) is 5.34. The minimum absolute atomic E-state index is 0.109. The van der Waals surface area contributed by atoms with E-state index in [4.69, 9.17) is 0 Å². The molecule has 2 aliphatic rings. The van der Waals surface area contributed by atoms with Gasteiger partial charge in [0, 0.05) is 30.5 Å². The second-order valence-corrected chi connectivity index (χ2v) is 7.49. The van der Waals surface area contributed by atoms with E-state index in [1.165, 1.54) is 31.4 Å². The van der Waals surface area contributed by atoms with Crippen LogP contribution in [0, 0.1) is 5.92 Å². The lowest BCUT2D eigenvalue weighted by Gasteiger charge is -2.32. The van der Waals surface area contributed by atoms with Crippen molar-refractivity contribution in [3.05, 3.63) is 24.3 Å². The second kappa shape index (κ2) is 8.37. The Morgan fingerprint density at radius 3 is 2.28 bits per heavy atom. The topological polar surface area (TPSA) is 61.4 Å². The zero-order valence-electron chi connectivity index (χ0n) is 15.1. The molecule has 3 rings (SSSR count). The van der Waals surface area contributed by atoms with Gasteiger partial charge in [0.1, 0.15) is 6.42 Å². The summed E-state index contributed by atoms with van der Waals surface area (Å²) in [6, 6.07) is 8.18. The fraction of sp³-hybridized carbons (Fsp3) is 0.600. The van der Waals surface area contributed by atoms with Gasteiger partial charge in [-0.3, -0.25) is 9.59 Å². The Kier molecular flexibility index (Phi) is 5.95. The van der Waals surface area contributed by atoms with E-state index < -0.39 is 0 Å². The van der Waals surface area contributed by atoms with E-state index in [1.807, 2.05) is 24.3 Å². The monoisotopic (exact) mass is 343 g/mol. The van der Waals surface area contributed by atoms with Crippen LogP contribution < -0.4 is 15.5 Å². The number of benzene rings is 1. The van der Waals surface area contributed by atoms with Gasteiger partial charge in [0.15, 0.2) is 0 Å². The molecule has 0 unspecified atom stereocenters. The third-order valence-electron chi connectivity index (χ3n) is 5.34. The fourth-order valence-corrected chi connectivity index (χ4v) is 3.72. The lowest BCUT2D eigenvalue weighted by molar-refractivity contribution is -0.127. The molecule has 1 aromatic rings. The molecule has 2 amide bonds. The maximum atomic E-state index is 12.0. The lowest BCUT2D eigenvalue weighted by atomic mass is 9.99.